The molecule has 0 saturated carbocycles. The minimum atomic E-state index is -0.233. The van der Waals surface area contributed by atoms with Crippen LogP contribution >= 0.6 is 0 Å². The van der Waals surface area contributed by atoms with Gasteiger partial charge in [-0.25, -0.2) is 0 Å². The monoisotopic (exact) mass is 175 g/mol. The topological polar surface area (TPSA) is 38.8 Å². The van der Waals surface area contributed by atoms with Gasteiger partial charge in [-0.15, -0.1) is 0 Å². The lowest BCUT2D eigenvalue weighted by Crippen LogP contribution is -2.29. The first-order valence-electron chi connectivity index (χ1n) is 3.84. The van der Waals surface area contributed by atoms with Crippen LogP contribution in [0.2, 0.25) is 0 Å². The van der Waals surface area contributed by atoms with E-state index in [1.165, 1.54) is 7.11 Å². The summed E-state index contributed by atoms with van der Waals surface area (Å²) in [4.78, 5) is 12.8. The van der Waals surface area contributed by atoms with E-state index in [9.17, 15) is 4.79 Å². The zero-order valence-corrected chi connectivity index (χ0v) is 8.16. The number of methoxy groups -OCH3 is 2. The molecule has 12 heavy (non-hydrogen) atoms. The number of esters is 1. The fourth-order valence-corrected chi connectivity index (χ4v) is 0.899. The van der Waals surface area contributed by atoms with Gasteiger partial charge in [0.15, 0.2) is 0 Å². The zero-order valence-electron chi connectivity index (χ0n) is 8.16. The number of rotatable bonds is 5. The Morgan fingerprint density at radius 2 is 2.00 bits per heavy atom. The normalized spacial score (nSPS) is 13.1. The Morgan fingerprint density at radius 1 is 1.42 bits per heavy atom. The summed E-state index contributed by atoms with van der Waals surface area (Å²) in [5.41, 5.74) is 0. The van der Waals surface area contributed by atoms with Crippen molar-refractivity contribution >= 4 is 5.97 Å². The molecule has 72 valence electrons. The predicted molar refractivity (Wildman–Crippen MR) is 46.0 cm³/mol. The van der Waals surface area contributed by atoms with E-state index < -0.39 is 0 Å². The molecule has 0 aliphatic rings. The fraction of sp³-hybridized carbons (Fsp3) is 0.875. The highest BCUT2D eigenvalue weighted by atomic mass is 16.5. The Bertz CT molecular complexity index is 136. The minimum Gasteiger partial charge on any atom is -0.469 e. The molecule has 0 heterocycles. The van der Waals surface area contributed by atoms with Gasteiger partial charge in [-0.2, -0.15) is 0 Å². The Morgan fingerprint density at radius 3 is 2.33 bits per heavy atom. The van der Waals surface area contributed by atoms with Gasteiger partial charge in [0, 0.05) is 13.7 Å². The van der Waals surface area contributed by atoms with Crippen molar-refractivity contribution in [1.29, 1.82) is 0 Å². The molecule has 0 aliphatic heterocycles. The number of hydrogen-bond acceptors (Lipinski definition) is 4. The third-order valence-corrected chi connectivity index (χ3v) is 1.52. The number of likely N-dealkylation sites (N-methyl/N-ethyl adjacent to an activating group) is 1. The van der Waals surface area contributed by atoms with Crippen LogP contribution in [-0.2, 0) is 14.3 Å². The summed E-state index contributed by atoms with van der Waals surface area (Å²) in [6.07, 6.45) is 0.234. The summed E-state index contributed by atoms with van der Waals surface area (Å²) in [5.74, 6) is -0.233. The van der Waals surface area contributed by atoms with Crippen molar-refractivity contribution in [1.82, 2.24) is 4.90 Å². The van der Waals surface area contributed by atoms with Crippen LogP contribution in [0.3, 0.4) is 0 Å². The molecule has 0 aliphatic carbocycles. The van der Waals surface area contributed by atoms with Crippen LogP contribution in [0.1, 0.15) is 6.42 Å². The summed E-state index contributed by atoms with van der Waals surface area (Å²) in [6.45, 7) is 0.728. The SMILES string of the molecule is COC(=O)C[C@H](CN(C)C)OC. The van der Waals surface area contributed by atoms with Crippen LogP contribution in [0.5, 0.6) is 0 Å². The molecule has 0 fully saturated rings. The van der Waals surface area contributed by atoms with Gasteiger partial charge in [0.1, 0.15) is 0 Å². The molecule has 0 spiro atoms. The van der Waals surface area contributed by atoms with Gasteiger partial charge < -0.3 is 14.4 Å². The standard InChI is InChI=1S/C8H17NO3/c1-9(2)6-7(11-3)5-8(10)12-4/h7H,5-6H2,1-4H3/t7-/m1/s1. The average molecular weight is 175 g/mol. The first-order valence-corrected chi connectivity index (χ1v) is 3.84. The summed E-state index contributed by atoms with van der Waals surface area (Å²) >= 11 is 0. The van der Waals surface area contributed by atoms with Crippen LogP contribution in [0, 0.1) is 0 Å². The van der Waals surface area contributed by atoms with Gasteiger partial charge in [0.05, 0.1) is 19.6 Å². The summed E-state index contributed by atoms with van der Waals surface area (Å²) < 4.78 is 9.62. The van der Waals surface area contributed by atoms with Crippen molar-refractivity contribution in [3.63, 3.8) is 0 Å². The maximum atomic E-state index is 10.8. The van der Waals surface area contributed by atoms with E-state index in [-0.39, 0.29) is 12.1 Å². The molecule has 0 aromatic heterocycles. The highest BCUT2D eigenvalue weighted by Gasteiger charge is 2.13. The quantitative estimate of drug-likeness (QED) is 0.557. The first kappa shape index (κ1) is 11.4. The number of carbonyl (C=O) groups excluding carboxylic acids is 1. The molecule has 0 radical (unpaired) electrons. The van der Waals surface area contributed by atoms with Crippen LogP contribution < -0.4 is 0 Å². The molecule has 0 aromatic rings. The Balaban J connectivity index is 3.74. The van der Waals surface area contributed by atoms with Gasteiger partial charge in [-0.05, 0) is 14.1 Å². The van der Waals surface area contributed by atoms with Gasteiger partial charge in [0.2, 0.25) is 0 Å². The van der Waals surface area contributed by atoms with E-state index in [1.54, 1.807) is 7.11 Å². The second kappa shape index (κ2) is 5.97. The highest BCUT2D eigenvalue weighted by Crippen LogP contribution is 1.99. The van der Waals surface area contributed by atoms with Crippen LogP contribution in [0.15, 0.2) is 0 Å². The molecule has 0 unspecified atom stereocenters. The molecule has 4 heteroatoms. The summed E-state index contributed by atoms with van der Waals surface area (Å²) in [6, 6.07) is 0. The third kappa shape index (κ3) is 5.09. The number of ether oxygens (including phenoxy) is 2. The molecular formula is C8H17NO3. The van der Waals surface area contributed by atoms with Crippen LogP contribution in [0.25, 0.3) is 0 Å². The zero-order chi connectivity index (χ0) is 9.56. The average Bonchev–Trinajstić information content (AvgIpc) is 2.02. The molecule has 4 nitrogen and oxygen atoms in total. The number of hydrogen-bond donors (Lipinski definition) is 0. The minimum absolute atomic E-state index is 0.0764. The lowest BCUT2D eigenvalue weighted by molar-refractivity contribution is -0.143. The molecule has 0 saturated heterocycles. The van der Waals surface area contributed by atoms with E-state index in [2.05, 4.69) is 4.74 Å². The van der Waals surface area contributed by atoms with Gasteiger partial charge in [0.25, 0.3) is 0 Å². The Kier molecular flexibility index (Phi) is 5.66. The maximum Gasteiger partial charge on any atom is 0.308 e. The van der Waals surface area contributed by atoms with Crippen LogP contribution in [-0.4, -0.2) is 51.8 Å². The summed E-state index contributed by atoms with van der Waals surface area (Å²) in [5, 5.41) is 0. The van der Waals surface area contributed by atoms with E-state index >= 15 is 0 Å². The molecule has 0 bridgehead atoms. The lowest BCUT2D eigenvalue weighted by Gasteiger charge is -2.18. The van der Waals surface area contributed by atoms with E-state index in [4.69, 9.17) is 4.74 Å². The second-order valence-corrected chi connectivity index (χ2v) is 2.90. The maximum absolute atomic E-state index is 10.8. The van der Waals surface area contributed by atoms with Crippen molar-refractivity contribution in [3.8, 4) is 0 Å². The van der Waals surface area contributed by atoms with Crippen molar-refractivity contribution in [2.75, 3.05) is 34.9 Å². The first-order chi connectivity index (χ1) is 5.60. The van der Waals surface area contributed by atoms with Crippen molar-refractivity contribution in [2.45, 2.75) is 12.5 Å². The van der Waals surface area contributed by atoms with Crippen LogP contribution in [0.4, 0.5) is 0 Å². The van der Waals surface area contributed by atoms with E-state index in [0.717, 1.165) is 6.54 Å². The molecule has 0 aromatic carbocycles. The van der Waals surface area contributed by atoms with Gasteiger partial charge in [-0.3, -0.25) is 4.79 Å². The van der Waals surface area contributed by atoms with Gasteiger partial charge in [-0.1, -0.05) is 0 Å². The van der Waals surface area contributed by atoms with Crippen molar-refractivity contribution < 1.29 is 14.3 Å². The fourth-order valence-electron chi connectivity index (χ4n) is 0.899. The third-order valence-electron chi connectivity index (χ3n) is 1.52. The molecule has 1 atom stereocenters. The molecule has 0 amide bonds. The molecule has 0 N–H and O–H groups in total. The van der Waals surface area contributed by atoms with Gasteiger partial charge >= 0.3 is 5.97 Å². The van der Waals surface area contributed by atoms with E-state index in [0.29, 0.717) is 6.42 Å². The Hall–Kier alpha value is -0.610. The molecular weight excluding hydrogens is 158 g/mol. The smallest absolute Gasteiger partial charge is 0.308 e. The van der Waals surface area contributed by atoms with Crippen molar-refractivity contribution in [2.24, 2.45) is 0 Å². The number of nitrogens with zero attached hydrogens (tertiary/aromatic N) is 1. The second-order valence-electron chi connectivity index (χ2n) is 2.90. The lowest BCUT2D eigenvalue weighted by atomic mass is 10.2. The largest absolute Gasteiger partial charge is 0.469 e. The highest BCUT2D eigenvalue weighted by molar-refractivity contribution is 5.69. The Labute approximate surface area is 73.4 Å². The molecule has 0 rings (SSSR count). The number of carbonyl (C=O) groups is 1. The predicted octanol–water partition coefficient (Wildman–Crippen LogP) is 0.126. The summed E-state index contributed by atoms with van der Waals surface area (Å²) in [7, 11) is 6.84. The van der Waals surface area contributed by atoms with E-state index in [1.807, 2.05) is 19.0 Å². The van der Waals surface area contributed by atoms with Crippen molar-refractivity contribution in [3.05, 3.63) is 0 Å².